The number of rotatable bonds is 4. The first-order chi connectivity index (χ1) is 19.6. The number of aliphatic hydroxyl groups is 1. The summed E-state index contributed by atoms with van der Waals surface area (Å²) in [5, 5.41) is 98.1. The van der Waals surface area contributed by atoms with Gasteiger partial charge in [-0.3, -0.25) is 0 Å². The van der Waals surface area contributed by atoms with Crippen LogP contribution in [0.25, 0.3) is 46.5 Å². The molecule has 0 heterocycles. The highest BCUT2D eigenvalue weighted by Crippen LogP contribution is 2.48. The molecule has 0 aliphatic carbocycles. The average Bonchev–Trinajstić information content (AvgIpc) is 2.92. The number of ether oxygens (including phenoxy) is 1. The molecule has 42 heavy (non-hydrogen) atoms. The fraction of sp³-hybridized carbons (Fsp3) is 0.250. The number of fused-ring (bicyclic) bond motifs is 2. The highest BCUT2D eigenvalue weighted by Gasteiger charge is 2.27. The second-order valence-corrected chi connectivity index (χ2v) is 10.7. The highest BCUT2D eigenvalue weighted by molar-refractivity contribution is 6.02. The van der Waals surface area contributed by atoms with Crippen molar-refractivity contribution >= 4 is 46.5 Å². The lowest BCUT2D eigenvalue weighted by molar-refractivity contribution is 0.297. The summed E-state index contributed by atoms with van der Waals surface area (Å²) in [6.45, 7) is 14.0. The summed E-state index contributed by atoms with van der Waals surface area (Å²) in [6, 6.07) is 0. The first kappa shape index (κ1) is 30.0. The van der Waals surface area contributed by atoms with Crippen molar-refractivity contribution in [2.45, 2.75) is 40.0 Å². The lowest BCUT2D eigenvalue weighted by Gasteiger charge is -2.20. The number of hydrogen-bond donors (Lipinski definition) is 9. The Morgan fingerprint density at radius 2 is 1.21 bits per heavy atom. The summed E-state index contributed by atoms with van der Waals surface area (Å²) in [7, 11) is 1.28. The minimum absolute atomic E-state index is 0.0143. The van der Waals surface area contributed by atoms with Gasteiger partial charge in [0.2, 0.25) is 0 Å². The van der Waals surface area contributed by atoms with E-state index >= 15 is 0 Å². The van der Waals surface area contributed by atoms with Crippen molar-refractivity contribution in [3.63, 3.8) is 0 Å². The van der Waals surface area contributed by atoms with Crippen LogP contribution in [-0.4, -0.2) is 59.7 Å². The monoisotopic (exact) mass is 578 g/mol. The molecule has 10 heteroatoms. The van der Waals surface area contributed by atoms with Crippen LogP contribution in [0.4, 0.5) is 0 Å². The molecule has 4 aromatic rings. The van der Waals surface area contributed by atoms with Gasteiger partial charge in [0.15, 0.2) is 23.0 Å². The van der Waals surface area contributed by atoms with E-state index in [0.717, 1.165) is 6.26 Å². The van der Waals surface area contributed by atoms with Crippen LogP contribution < -0.4 is 20.9 Å². The SMILES string of the molecule is C=c1c(O)c2c(C(C)C)c(O)c(O)c(CCO)c2c(O)/c1=c1\c(O)c2c(=COC)c(O)c(O)c(=C(C)C)c2c(O)c1=C. The molecule has 222 valence electrons. The van der Waals surface area contributed by atoms with E-state index < -0.39 is 58.5 Å². The Morgan fingerprint density at radius 3 is 1.69 bits per heavy atom. The molecule has 0 spiro atoms. The van der Waals surface area contributed by atoms with E-state index in [1.54, 1.807) is 27.7 Å². The Kier molecular flexibility index (Phi) is 7.47. The summed E-state index contributed by atoms with van der Waals surface area (Å²) in [5.41, 5.74) is 0.519. The molecule has 0 fully saturated rings. The van der Waals surface area contributed by atoms with Crippen molar-refractivity contribution in [3.05, 3.63) is 42.4 Å². The zero-order valence-corrected chi connectivity index (χ0v) is 23.9. The molecule has 0 radical (unpaired) electrons. The number of aromatic hydroxyl groups is 8. The Labute approximate surface area is 239 Å². The van der Waals surface area contributed by atoms with Gasteiger partial charge in [-0.05, 0) is 19.8 Å². The molecular formula is C32H34O10. The van der Waals surface area contributed by atoms with E-state index in [2.05, 4.69) is 13.2 Å². The zero-order chi connectivity index (χ0) is 31.5. The number of aliphatic hydroxyl groups excluding tert-OH is 1. The molecule has 10 nitrogen and oxygen atoms in total. The largest absolute Gasteiger partial charge is 0.507 e. The summed E-state index contributed by atoms with van der Waals surface area (Å²) >= 11 is 0. The minimum atomic E-state index is -0.648. The van der Waals surface area contributed by atoms with Gasteiger partial charge in [-0.1, -0.05) is 32.6 Å². The van der Waals surface area contributed by atoms with E-state index in [0.29, 0.717) is 5.57 Å². The normalized spacial score (nSPS) is 13.0. The number of hydrogen-bond acceptors (Lipinski definition) is 10. The Balaban J connectivity index is 2.60. The molecule has 0 atom stereocenters. The number of phenolic OH excluding ortho intramolecular Hbond substituents is 8. The molecule has 0 amide bonds. The molecule has 0 bridgehead atoms. The molecule has 0 aromatic heterocycles. The molecule has 4 rings (SSSR count). The zero-order valence-electron chi connectivity index (χ0n) is 23.9. The van der Waals surface area contributed by atoms with Gasteiger partial charge in [0.05, 0.1) is 18.6 Å². The number of benzene rings is 4. The topological polar surface area (TPSA) is 191 Å². The molecule has 0 aliphatic rings. The smallest absolute Gasteiger partial charge is 0.169 e. The van der Waals surface area contributed by atoms with E-state index in [1.807, 2.05) is 0 Å². The third-order valence-electron chi connectivity index (χ3n) is 7.59. The minimum Gasteiger partial charge on any atom is -0.507 e. The molecule has 4 aromatic carbocycles. The van der Waals surface area contributed by atoms with Crippen LogP contribution in [0, 0.1) is 10.4 Å². The Hall–Kier alpha value is -4.96. The van der Waals surface area contributed by atoms with Gasteiger partial charge in [-0.2, -0.15) is 0 Å². The van der Waals surface area contributed by atoms with Crippen LogP contribution in [-0.2, 0) is 11.2 Å². The summed E-state index contributed by atoms with van der Waals surface area (Å²) in [4.78, 5) is 0. The highest BCUT2D eigenvalue weighted by atomic mass is 16.5. The number of phenols is 8. The maximum Gasteiger partial charge on any atom is 0.169 e. The van der Waals surface area contributed by atoms with E-state index in [9.17, 15) is 46.0 Å². The second kappa shape index (κ2) is 10.5. The molecule has 0 saturated carbocycles. The molecule has 0 aliphatic heterocycles. The van der Waals surface area contributed by atoms with Gasteiger partial charge in [-0.25, -0.2) is 0 Å². The van der Waals surface area contributed by atoms with E-state index in [-0.39, 0.29) is 70.4 Å². The standard InChI is InChI=1S/C32H34O10/c1-11(2)17-23-21(15(8-9-33)27(36)31(17)40)29(38)19(13(5)25(23)34)20-14(6)26(35)24-18(12(3)4)32(41)28(37)16(10-42-7)22(24)30(20)39/h10-11,33-41H,5-6,8-9H2,1-4,7H3/b16-10?,20-19-. The predicted molar refractivity (Wildman–Crippen MR) is 160 cm³/mol. The fourth-order valence-electron chi connectivity index (χ4n) is 5.78. The molecular weight excluding hydrogens is 544 g/mol. The first-order valence-corrected chi connectivity index (χ1v) is 13.0. The van der Waals surface area contributed by atoms with Crippen LogP contribution in [0.5, 0.6) is 46.0 Å². The fourth-order valence-corrected chi connectivity index (χ4v) is 5.78. The van der Waals surface area contributed by atoms with Crippen molar-refractivity contribution in [2.24, 2.45) is 0 Å². The van der Waals surface area contributed by atoms with E-state index in [1.165, 1.54) is 7.11 Å². The molecule has 0 unspecified atom stereocenters. The maximum absolute atomic E-state index is 11.8. The summed E-state index contributed by atoms with van der Waals surface area (Å²) in [6.07, 6.45) is 0.828. The van der Waals surface area contributed by atoms with Gasteiger partial charge >= 0.3 is 0 Å². The summed E-state index contributed by atoms with van der Waals surface area (Å²) < 4.78 is 5.08. The van der Waals surface area contributed by atoms with Gasteiger partial charge in [0.1, 0.15) is 23.0 Å². The second-order valence-electron chi connectivity index (χ2n) is 10.7. The van der Waals surface area contributed by atoms with E-state index in [4.69, 9.17) is 4.74 Å². The third-order valence-corrected chi connectivity index (χ3v) is 7.59. The predicted octanol–water partition coefficient (Wildman–Crippen LogP) is 1.98. The van der Waals surface area contributed by atoms with Crippen LogP contribution in [0.3, 0.4) is 0 Å². The van der Waals surface area contributed by atoms with Crippen molar-refractivity contribution in [2.75, 3.05) is 13.7 Å². The van der Waals surface area contributed by atoms with Crippen molar-refractivity contribution in [3.8, 4) is 46.0 Å². The summed E-state index contributed by atoms with van der Waals surface area (Å²) in [5.74, 6) is -5.00. The van der Waals surface area contributed by atoms with Crippen molar-refractivity contribution < 1.29 is 50.7 Å². The van der Waals surface area contributed by atoms with Gasteiger partial charge in [0.25, 0.3) is 0 Å². The van der Waals surface area contributed by atoms with Crippen LogP contribution in [0.15, 0.2) is 0 Å². The Morgan fingerprint density at radius 1 is 0.690 bits per heavy atom. The quantitative estimate of drug-likeness (QED) is 0.128. The lowest BCUT2D eigenvalue weighted by Crippen LogP contribution is -2.20. The molecule has 9 N–H and O–H groups in total. The van der Waals surface area contributed by atoms with Gasteiger partial charge in [0, 0.05) is 71.8 Å². The Bertz CT molecular complexity index is 2140. The average molecular weight is 579 g/mol. The van der Waals surface area contributed by atoms with Crippen molar-refractivity contribution in [1.82, 2.24) is 0 Å². The van der Waals surface area contributed by atoms with Crippen LogP contribution in [0.1, 0.15) is 44.7 Å². The maximum atomic E-state index is 11.8. The van der Waals surface area contributed by atoms with Crippen molar-refractivity contribution in [1.29, 1.82) is 0 Å². The van der Waals surface area contributed by atoms with Crippen LogP contribution in [0.2, 0.25) is 0 Å². The van der Waals surface area contributed by atoms with Gasteiger partial charge < -0.3 is 50.7 Å². The third kappa shape index (κ3) is 3.98. The van der Waals surface area contributed by atoms with Gasteiger partial charge in [-0.15, -0.1) is 0 Å². The lowest BCUT2D eigenvalue weighted by atomic mass is 9.87. The first-order valence-electron chi connectivity index (χ1n) is 13.0. The number of methoxy groups -OCH3 is 1. The van der Waals surface area contributed by atoms with Crippen LogP contribution >= 0.6 is 0 Å². The molecule has 0 saturated heterocycles.